The van der Waals surface area contributed by atoms with Crippen LogP contribution in [0.5, 0.6) is 5.75 Å². The van der Waals surface area contributed by atoms with Gasteiger partial charge in [-0.1, -0.05) is 30.3 Å². The lowest BCUT2D eigenvalue weighted by Crippen LogP contribution is -2.33. The summed E-state index contributed by atoms with van der Waals surface area (Å²) >= 11 is 0. The maximum atomic E-state index is 12.7. The molecule has 0 fully saturated rings. The van der Waals surface area contributed by atoms with Crippen LogP contribution in [0.1, 0.15) is 38.0 Å². The number of fused-ring (bicyclic) bond motifs is 1. The smallest absolute Gasteiger partial charge is 0.227 e. The van der Waals surface area contributed by atoms with E-state index in [2.05, 4.69) is 11.4 Å². The molecule has 1 N–H and O–H groups in total. The Bertz CT molecular complexity index is 1090. The van der Waals surface area contributed by atoms with Gasteiger partial charge in [-0.2, -0.15) is 5.26 Å². The first kappa shape index (κ1) is 21.9. The number of ether oxygens (including phenoxy) is 1. The van der Waals surface area contributed by atoms with Gasteiger partial charge in [-0.05, 0) is 31.2 Å². The fraction of sp³-hybridized carbons (Fsp3) is 0.292. The maximum absolute atomic E-state index is 12.7. The van der Waals surface area contributed by atoms with Gasteiger partial charge in [0.1, 0.15) is 5.76 Å². The van der Waals surface area contributed by atoms with Gasteiger partial charge in [-0.3, -0.25) is 9.59 Å². The van der Waals surface area contributed by atoms with Gasteiger partial charge in [0.15, 0.2) is 11.3 Å². The third-order valence-electron chi connectivity index (χ3n) is 4.93. The summed E-state index contributed by atoms with van der Waals surface area (Å²) in [6.45, 7) is 2.12. The molecule has 160 valence electrons. The van der Waals surface area contributed by atoms with Gasteiger partial charge in [0.2, 0.25) is 11.8 Å². The molecule has 2 aromatic carbocycles. The molecule has 0 bridgehead atoms. The summed E-state index contributed by atoms with van der Waals surface area (Å²) < 4.78 is 11.2. The highest BCUT2D eigenvalue weighted by Crippen LogP contribution is 2.30. The van der Waals surface area contributed by atoms with Crippen LogP contribution in [0.2, 0.25) is 0 Å². The quantitative estimate of drug-likeness (QED) is 0.556. The summed E-state index contributed by atoms with van der Waals surface area (Å²) in [5.41, 5.74) is 1.35. The number of nitrogens with one attached hydrogen (secondary N) is 1. The van der Waals surface area contributed by atoms with Crippen LogP contribution >= 0.6 is 0 Å². The fourth-order valence-corrected chi connectivity index (χ4v) is 3.34. The number of para-hydroxylation sites is 2. The van der Waals surface area contributed by atoms with Gasteiger partial charge >= 0.3 is 0 Å². The molecule has 3 aromatic rings. The number of nitriles is 1. The van der Waals surface area contributed by atoms with E-state index in [1.165, 1.54) is 0 Å². The zero-order valence-corrected chi connectivity index (χ0v) is 17.6. The minimum Gasteiger partial charge on any atom is -0.493 e. The van der Waals surface area contributed by atoms with E-state index < -0.39 is 0 Å². The number of methoxy groups -OCH3 is 1. The number of amides is 2. The normalized spacial score (nSPS) is 11.5. The average Bonchev–Trinajstić information content (AvgIpc) is 3.23. The number of furan rings is 1. The number of carbonyl (C=O) groups excluding carboxylic acids is 2. The standard InChI is InChI=1S/C24H25N3O4/c1-17(21-16-18-8-6-11-20(30-2)24(18)31-21)26-22(28)12-13-23(29)27(15-7-14-25)19-9-4-3-5-10-19/h3-6,8-11,16-17H,7,12-13,15H2,1-2H3,(H,26,28). The van der Waals surface area contributed by atoms with Crippen LogP contribution in [0, 0.1) is 11.3 Å². The van der Waals surface area contributed by atoms with Crippen molar-refractivity contribution in [3.05, 3.63) is 60.4 Å². The second-order valence-corrected chi connectivity index (χ2v) is 7.11. The molecule has 0 spiro atoms. The summed E-state index contributed by atoms with van der Waals surface area (Å²) in [6, 6.07) is 18.3. The summed E-state index contributed by atoms with van der Waals surface area (Å²) in [4.78, 5) is 26.7. The van der Waals surface area contributed by atoms with Gasteiger partial charge in [-0.15, -0.1) is 0 Å². The predicted molar refractivity (Wildman–Crippen MR) is 118 cm³/mol. The van der Waals surface area contributed by atoms with E-state index in [0.29, 0.717) is 22.8 Å². The van der Waals surface area contributed by atoms with Crippen LogP contribution in [0.15, 0.2) is 59.0 Å². The van der Waals surface area contributed by atoms with Crippen molar-refractivity contribution in [2.75, 3.05) is 18.6 Å². The number of anilines is 1. The van der Waals surface area contributed by atoms with Gasteiger partial charge in [0, 0.05) is 30.5 Å². The number of rotatable bonds is 9. The van der Waals surface area contributed by atoms with E-state index >= 15 is 0 Å². The Kier molecular flexibility index (Phi) is 7.28. The first-order chi connectivity index (χ1) is 15.0. The van der Waals surface area contributed by atoms with Crippen molar-refractivity contribution < 1.29 is 18.7 Å². The molecule has 1 heterocycles. The predicted octanol–water partition coefficient (Wildman–Crippen LogP) is 4.35. The first-order valence-corrected chi connectivity index (χ1v) is 10.1. The zero-order chi connectivity index (χ0) is 22.2. The van der Waals surface area contributed by atoms with Gasteiger partial charge in [0.25, 0.3) is 0 Å². The SMILES string of the molecule is COc1cccc2cc(C(C)NC(=O)CCC(=O)N(CCC#N)c3ccccc3)oc12. The molecular formula is C24H25N3O4. The Morgan fingerprint density at radius 2 is 1.94 bits per heavy atom. The molecule has 7 heteroatoms. The summed E-state index contributed by atoms with van der Waals surface area (Å²) in [5, 5.41) is 12.7. The number of carbonyl (C=O) groups is 2. The minimum absolute atomic E-state index is 0.0443. The van der Waals surface area contributed by atoms with Crippen molar-refractivity contribution in [3.8, 4) is 11.8 Å². The number of hydrogen-bond acceptors (Lipinski definition) is 5. The van der Waals surface area contributed by atoms with E-state index in [1.54, 1.807) is 12.0 Å². The molecule has 0 aliphatic heterocycles. The number of hydrogen-bond donors (Lipinski definition) is 1. The van der Waals surface area contributed by atoms with Gasteiger partial charge < -0.3 is 19.4 Å². The molecule has 0 aliphatic carbocycles. The van der Waals surface area contributed by atoms with Crippen LogP contribution in [0.3, 0.4) is 0 Å². The van der Waals surface area contributed by atoms with Crippen LogP contribution < -0.4 is 15.0 Å². The topological polar surface area (TPSA) is 95.6 Å². The molecule has 1 atom stereocenters. The van der Waals surface area contributed by atoms with E-state index in [4.69, 9.17) is 14.4 Å². The Morgan fingerprint density at radius 3 is 2.65 bits per heavy atom. The highest BCUT2D eigenvalue weighted by molar-refractivity contribution is 5.95. The van der Waals surface area contributed by atoms with E-state index in [-0.39, 0.29) is 43.7 Å². The van der Waals surface area contributed by atoms with Crippen molar-refractivity contribution in [1.29, 1.82) is 5.26 Å². The molecule has 2 amide bonds. The van der Waals surface area contributed by atoms with E-state index in [9.17, 15) is 9.59 Å². The Balaban J connectivity index is 1.60. The summed E-state index contributed by atoms with van der Waals surface area (Å²) in [6.07, 6.45) is 0.314. The average molecular weight is 419 g/mol. The number of benzene rings is 2. The zero-order valence-electron chi connectivity index (χ0n) is 17.6. The third-order valence-corrected chi connectivity index (χ3v) is 4.93. The second kappa shape index (κ2) is 10.3. The lowest BCUT2D eigenvalue weighted by Gasteiger charge is -2.22. The fourth-order valence-electron chi connectivity index (χ4n) is 3.34. The van der Waals surface area contributed by atoms with Crippen molar-refractivity contribution in [2.45, 2.75) is 32.2 Å². The molecule has 0 saturated heterocycles. The van der Waals surface area contributed by atoms with Crippen LogP contribution in [-0.2, 0) is 9.59 Å². The maximum Gasteiger partial charge on any atom is 0.227 e. The van der Waals surface area contributed by atoms with Crippen molar-refractivity contribution in [2.24, 2.45) is 0 Å². The van der Waals surface area contributed by atoms with Crippen molar-refractivity contribution in [1.82, 2.24) is 5.32 Å². The second-order valence-electron chi connectivity index (χ2n) is 7.11. The molecule has 3 rings (SSSR count). The first-order valence-electron chi connectivity index (χ1n) is 10.1. The highest BCUT2D eigenvalue weighted by atomic mass is 16.5. The minimum atomic E-state index is -0.358. The Morgan fingerprint density at radius 1 is 1.16 bits per heavy atom. The lowest BCUT2D eigenvalue weighted by atomic mass is 10.2. The molecule has 0 aliphatic rings. The highest BCUT2D eigenvalue weighted by Gasteiger charge is 2.19. The third kappa shape index (κ3) is 5.43. The Hall–Kier alpha value is -3.79. The van der Waals surface area contributed by atoms with Gasteiger partial charge in [-0.25, -0.2) is 0 Å². The number of nitrogens with zero attached hydrogens (tertiary/aromatic N) is 2. The van der Waals surface area contributed by atoms with E-state index in [0.717, 1.165) is 5.39 Å². The van der Waals surface area contributed by atoms with Crippen molar-refractivity contribution in [3.63, 3.8) is 0 Å². The molecular weight excluding hydrogens is 394 g/mol. The van der Waals surface area contributed by atoms with E-state index in [1.807, 2.05) is 61.5 Å². The molecule has 1 aromatic heterocycles. The molecule has 1 unspecified atom stereocenters. The lowest BCUT2D eigenvalue weighted by molar-refractivity contribution is -0.125. The van der Waals surface area contributed by atoms with Crippen LogP contribution in [0.4, 0.5) is 5.69 Å². The van der Waals surface area contributed by atoms with Crippen LogP contribution in [-0.4, -0.2) is 25.5 Å². The Labute approximate surface area is 181 Å². The largest absolute Gasteiger partial charge is 0.493 e. The molecule has 7 nitrogen and oxygen atoms in total. The molecule has 0 saturated carbocycles. The van der Waals surface area contributed by atoms with Crippen molar-refractivity contribution >= 4 is 28.5 Å². The monoisotopic (exact) mass is 419 g/mol. The summed E-state index contributed by atoms with van der Waals surface area (Å²) in [5.74, 6) is 0.796. The summed E-state index contributed by atoms with van der Waals surface area (Å²) in [7, 11) is 1.58. The molecule has 31 heavy (non-hydrogen) atoms. The molecule has 0 radical (unpaired) electrons. The van der Waals surface area contributed by atoms with Gasteiger partial charge in [0.05, 0.1) is 25.6 Å². The van der Waals surface area contributed by atoms with Crippen LogP contribution in [0.25, 0.3) is 11.0 Å².